The molecule has 0 saturated carbocycles. The molecule has 96 valence electrons. The van der Waals surface area contributed by atoms with Gasteiger partial charge in [0.25, 0.3) is 0 Å². The van der Waals surface area contributed by atoms with Crippen LogP contribution in [0.15, 0.2) is 65.9 Å². The molecule has 0 aliphatic carbocycles. The lowest BCUT2D eigenvalue weighted by Gasteiger charge is -2.01. The summed E-state index contributed by atoms with van der Waals surface area (Å²) >= 11 is 0. The monoisotopic (exact) mass is 261 g/mol. The van der Waals surface area contributed by atoms with Crippen molar-refractivity contribution in [1.29, 1.82) is 0 Å². The molecule has 4 heterocycles. The third-order valence-corrected chi connectivity index (χ3v) is 3.32. The van der Waals surface area contributed by atoms with E-state index in [-0.39, 0.29) is 0 Å². The van der Waals surface area contributed by atoms with Crippen molar-refractivity contribution >= 4 is 11.0 Å². The Bertz CT molecular complexity index is 848. The van der Waals surface area contributed by atoms with Crippen LogP contribution in [0.2, 0.25) is 0 Å². The first-order chi connectivity index (χ1) is 9.92. The zero-order valence-corrected chi connectivity index (χ0v) is 10.6. The van der Waals surface area contributed by atoms with Gasteiger partial charge in [0.2, 0.25) is 0 Å². The first-order valence-electron chi connectivity index (χ1n) is 6.33. The van der Waals surface area contributed by atoms with Gasteiger partial charge in [0.15, 0.2) is 0 Å². The van der Waals surface area contributed by atoms with Crippen molar-refractivity contribution in [3.63, 3.8) is 0 Å². The van der Waals surface area contributed by atoms with E-state index >= 15 is 0 Å². The number of nitrogens with one attached hydrogen (secondary N) is 1. The van der Waals surface area contributed by atoms with E-state index < -0.39 is 0 Å². The summed E-state index contributed by atoms with van der Waals surface area (Å²) in [4.78, 5) is 12.0. The van der Waals surface area contributed by atoms with Crippen LogP contribution in [0.3, 0.4) is 0 Å². The normalized spacial score (nSPS) is 11.0. The van der Waals surface area contributed by atoms with E-state index in [4.69, 9.17) is 4.42 Å². The van der Waals surface area contributed by atoms with E-state index in [2.05, 4.69) is 21.0 Å². The smallest absolute Gasteiger partial charge is 0.137 e. The van der Waals surface area contributed by atoms with Gasteiger partial charge in [0.05, 0.1) is 18.2 Å². The van der Waals surface area contributed by atoms with Gasteiger partial charge in [0.1, 0.15) is 5.65 Å². The van der Waals surface area contributed by atoms with Crippen molar-refractivity contribution in [3.05, 3.63) is 61.4 Å². The van der Waals surface area contributed by atoms with E-state index in [9.17, 15) is 0 Å². The summed E-state index contributed by atoms with van der Waals surface area (Å²) in [6, 6.07) is 9.90. The van der Waals surface area contributed by atoms with E-state index in [1.165, 1.54) is 0 Å². The summed E-state index contributed by atoms with van der Waals surface area (Å²) in [6.07, 6.45) is 8.97. The molecular weight excluding hydrogens is 250 g/mol. The van der Waals surface area contributed by atoms with Gasteiger partial charge in [-0.05, 0) is 24.3 Å². The fraction of sp³-hybridized carbons (Fsp3) is 0. The molecule has 0 aliphatic rings. The first kappa shape index (κ1) is 11.0. The second kappa shape index (κ2) is 4.35. The van der Waals surface area contributed by atoms with Crippen LogP contribution in [-0.2, 0) is 0 Å². The molecule has 0 unspecified atom stereocenters. The summed E-state index contributed by atoms with van der Waals surface area (Å²) in [6.45, 7) is 0. The predicted octanol–water partition coefficient (Wildman–Crippen LogP) is 3.88. The molecule has 4 nitrogen and oxygen atoms in total. The lowest BCUT2D eigenvalue weighted by atomic mass is 10.1. The quantitative estimate of drug-likeness (QED) is 0.595. The van der Waals surface area contributed by atoms with E-state index in [1.54, 1.807) is 18.7 Å². The molecule has 0 bridgehead atoms. The lowest BCUT2D eigenvalue weighted by Crippen LogP contribution is -1.84. The Kier molecular flexibility index (Phi) is 2.39. The number of pyridine rings is 2. The number of nitrogens with zero attached hydrogens (tertiary/aromatic N) is 2. The van der Waals surface area contributed by atoms with Gasteiger partial charge < -0.3 is 9.40 Å². The third kappa shape index (κ3) is 1.70. The summed E-state index contributed by atoms with van der Waals surface area (Å²) in [5.74, 6) is 0. The maximum atomic E-state index is 5.16. The molecule has 4 heteroatoms. The van der Waals surface area contributed by atoms with Crippen LogP contribution in [-0.4, -0.2) is 15.0 Å². The lowest BCUT2D eigenvalue weighted by molar-refractivity contribution is 0.568. The Labute approximate surface area is 115 Å². The highest BCUT2D eigenvalue weighted by molar-refractivity contribution is 5.95. The van der Waals surface area contributed by atoms with Gasteiger partial charge in [0, 0.05) is 40.7 Å². The van der Waals surface area contributed by atoms with Crippen molar-refractivity contribution in [3.8, 4) is 22.4 Å². The fourth-order valence-corrected chi connectivity index (χ4v) is 2.33. The molecule has 0 amide bonds. The van der Waals surface area contributed by atoms with Crippen molar-refractivity contribution in [2.45, 2.75) is 0 Å². The number of aromatic amines is 1. The number of furan rings is 1. The van der Waals surface area contributed by atoms with Gasteiger partial charge in [-0.3, -0.25) is 4.98 Å². The minimum absolute atomic E-state index is 0.862. The van der Waals surface area contributed by atoms with Crippen molar-refractivity contribution in [1.82, 2.24) is 15.0 Å². The molecule has 0 aromatic carbocycles. The number of hydrogen-bond acceptors (Lipinski definition) is 3. The topological polar surface area (TPSA) is 54.7 Å². The zero-order valence-electron chi connectivity index (χ0n) is 10.6. The Balaban J connectivity index is 1.92. The highest BCUT2D eigenvalue weighted by Crippen LogP contribution is 2.30. The minimum Gasteiger partial charge on any atom is -0.472 e. The predicted molar refractivity (Wildman–Crippen MR) is 77.0 cm³/mol. The average Bonchev–Trinajstić information content (AvgIpc) is 3.16. The molecular formula is C16H11N3O. The summed E-state index contributed by atoms with van der Waals surface area (Å²) < 4.78 is 5.16. The highest BCUT2D eigenvalue weighted by Gasteiger charge is 2.10. The highest BCUT2D eigenvalue weighted by atomic mass is 16.3. The zero-order chi connectivity index (χ0) is 13.4. The van der Waals surface area contributed by atoms with Gasteiger partial charge in [-0.25, -0.2) is 4.98 Å². The van der Waals surface area contributed by atoms with Crippen LogP contribution >= 0.6 is 0 Å². The average molecular weight is 261 g/mol. The molecule has 20 heavy (non-hydrogen) atoms. The Morgan fingerprint density at radius 2 is 2.05 bits per heavy atom. The van der Waals surface area contributed by atoms with Crippen LogP contribution in [0.25, 0.3) is 33.4 Å². The number of aromatic nitrogens is 3. The Hall–Kier alpha value is -2.88. The minimum atomic E-state index is 0.862. The Morgan fingerprint density at radius 3 is 2.85 bits per heavy atom. The van der Waals surface area contributed by atoms with Gasteiger partial charge in [-0.1, -0.05) is 6.07 Å². The second-order valence-electron chi connectivity index (χ2n) is 4.55. The van der Waals surface area contributed by atoms with Crippen LogP contribution in [0.4, 0.5) is 0 Å². The number of fused-ring (bicyclic) bond motifs is 1. The van der Waals surface area contributed by atoms with Gasteiger partial charge in [-0.2, -0.15) is 0 Å². The Morgan fingerprint density at radius 1 is 1.05 bits per heavy atom. The molecule has 1 N–H and O–H groups in total. The largest absolute Gasteiger partial charge is 0.472 e. The fourth-order valence-electron chi connectivity index (χ4n) is 2.33. The third-order valence-electron chi connectivity index (χ3n) is 3.32. The second-order valence-corrected chi connectivity index (χ2v) is 4.55. The standard InChI is InChI=1S/C16H11N3O/c1-2-5-17-15(3-1)12-7-13-14(11-4-6-20-10-11)9-19-16(13)18-8-12/h1-10H,(H,18,19). The molecule has 0 aliphatic heterocycles. The van der Waals surface area contributed by atoms with Crippen LogP contribution < -0.4 is 0 Å². The maximum Gasteiger partial charge on any atom is 0.137 e. The summed E-state index contributed by atoms with van der Waals surface area (Å²) in [7, 11) is 0. The molecule has 4 aromatic rings. The number of H-pyrrole nitrogens is 1. The van der Waals surface area contributed by atoms with Gasteiger partial charge in [-0.15, -0.1) is 0 Å². The molecule has 4 aromatic heterocycles. The first-order valence-corrected chi connectivity index (χ1v) is 6.33. The molecule has 0 spiro atoms. The van der Waals surface area contributed by atoms with Gasteiger partial charge >= 0.3 is 0 Å². The molecule has 0 fully saturated rings. The van der Waals surface area contributed by atoms with E-state index in [1.807, 2.05) is 36.7 Å². The van der Waals surface area contributed by atoms with Crippen LogP contribution in [0.5, 0.6) is 0 Å². The van der Waals surface area contributed by atoms with Crippen LogP contribution in [0, 0.1) is 0 Å². The number of rotatable bonds is 2. The van der Waals surface area contributed by atoms with E-state index in [0.717, 1.165) is 33.4 Å². The summed E-state index contributed by atoms with van der Waals surface area (Å²) in [5, 5.41) is 1.06. The molecule has 0 radical (unpaired) electrons. The number of hydrogen-bond donors (Lipinski definition) is 1. The van der Waals surface area contributed by atoms with Crippen molar-refractivity contribution in [2.75, 3.05) is 0 Å². The molecule has 0 atom stereocenters. The summed E-state index contributed by atoms with van der Waals surface area (Å²) in [5.41, 5.74) is 4.90. The molecule has 4 rings (SSSR count). The SMILES string of the molecule is c1ccc(-c2cnc3[nH]cc(-c4ccoc4)c3c2)nc1. The van der Waals surface area contributed by atoms with Crippen LogP contribution in [0.1, 0.15) is 0 Å². The van der Waals surface area contributed by atoms with E-state index in [0.29, 0.717) is 0 Å². The van der Waals surface area contributed by atoms with Crippen molar-refractivity contribution < 1.29 is 4.42 Å². The maximum absolute atomic E-state index is 5.16. The van der Waals surface area contributed by atoms with Crippen molar-refractivity contribution in [2.24, 2.45) is 0 Å². The molecule has 0 saturated heterocycles.